The highest BCUT2D eigenvalue weighted by molar-refractivity contribution is 7.22. The molecule has 0 bridgehead atoms. The van der Waals surface area contributed by atoms with Gasteiger partial charge in [-0.05, 0) is 51.8 Å². The van der Waals surface area contributed by atoms with E-state index in [9.17, 15) is 9.59 Å². The molecule has 0 saturated heterocycles. The molecule has 0 aliphatic heterocycles. The van der Waals surface area contributed by atoms with Crippen LogP contribution >= 0.6 is 22.9 Å². The highest BCUT2D eigenvalue weighted by Gasteiger charge is 2.30. The molecular weight excluding hydrogens is 518 g/mol. The summed E-state index contributed by atoms with van der Waals surface area (Å²) in [5.41, 5.74) is 1.49. The molecule has 0 radical (unpaired) electrons. The number of imidazole rings is 1. The Bertz CT molecular complexity index is 1450. The third-order valence-electron chi connectivity index (χ3n) is 5.40. The molecule has 0 atom stereocenters. The van der Waals surface area contributed by atoms with Gasteiger partial charge < -0.3 is 20.1 Å². The van der Waals surface area contributed by atoms with Gasteiger partial charge in [0, 0.05) is 11.5 Å². The first-order valence-electron chi connectivity index (χ1n) is 11.8. The Morgan fingerprint density at radius 3 is 2.84 bits per heavy atom. The molecule has 13 heteroatoms. The monoisotopic (exact) mass is 543 g/mol. The number of aromatic amines is 1. The smallest absolute Gasteiger partial charge is 0.407 e. The molecule has 194 valence electrons. The number of amides is 2. The van der Waals surface area contributed by atoms with Crippen molar-refractivity contribution >= 4 is 50.4 Å². The largest absolute Gasteiger partial charge is 0.492 e. The van der Waals surface area contributed by atoms with Gasteiger partial charge in [-0.25, -0.2) is 14.8 Å². The quantitative estimate of drug-likeness (QED) is 0.272. The van der Waals surface area contributed by atoms with Crippen LogP contribution in [0.15, 0.2) is 30.7 Å². The maximum Gasteiger partial charge on any atom is 0.407 e. The maximum atomic E-state index is 12.1. The number of halogens is 1. The highest BCUT2D eigenvalue weighted by atomic mass is 35.5. The van der Waals surface area contributed by atoms with Crippen molar-refractivity contribution in [1.29, 1.82) is 0 Å². The fraction of sp³-hybridized carbons (Fsp3) is 0.375. The molecule has 11 nitrogen and oxygen atoms in total. The Morgan fingerprint density at radius 2 is 2.11 bits per heavy atom. The maximum absolute atomic E-state index is 12.1. The van der Waals surface area contributed by atoms with Crippen LogP contribution in [0, 0.1) is 5.92 Å². The molecule has 3 aromatic heterocycles. The zero-order chi connectivity index (χ0) is 26.2. The summed E-state index contributed by atoms with van der Waals surface area (Å²) in [6, 6.07) is 5.34. The van der Waals surface area contributed by atoms with Crippen molar-refractivity contribution in [2.45, 2.75) is 39.2 Å². The van der Waals surface area contributed by atoms with Gasteiger partial charge in [-0.15, -0.1) is 0 Å². The highest BCUT2D eigenvalue weighted by Crippen LogP contribution is 2.36. The Labute approximate surface area is 221 Å². The van der Waals surface area contributed by atoms with Crippen molar-refractivity contribution < 1.29 is 19.1 Å². The lowest BCUT2D eigenvalue weighted by Crippen LogP contribution is -2.34. The van der Waals surface area contributed by atoms with Gasteiger partial charge in [0.25, 0.3) is 0 Å². The number of hydrogen-bond donors (Lipinski definition) is 3. The Balaban J connectivity index is 1.27. The van der Waals surface area contributed by atoms with Gasteiger partial charge >= 0.3 is 6.09 Å². The van der Waals surface area contributed by atoms with Gasteiger partial charge in [0.2, 0.25) is 5.91 Å². The number of alkyl carbamates (subject to hydrolysis) is 1. The van der Waals surface area contributed by atoms with Crippen molar-refractivity contribution in [3.05, 3.63) is 35.7 Å². The van der Waals surface area contributed by atoms with E-state index in [2.05, 4.69) is 30.8 Å². The van der Waals surface area contributed by atoms with Gasteiger partial charge in [-0.1, -0.05) is 22.9 Å². The number of benzene rings is 1. The Kier molecular flexibility index (Phi) is 6.78. The summed E-state index contributed by atoms with van der Waals surface area (Å²) in [6.07, 6.45) is 4.70. The van der Waals surface area contributed by atoms with E-state index < -0.39 is 11.7 Å². The third-order valence-corrected chi connectivity index (χ3v) is 6.68. The number of hydrogen-bond acceptors (Lipinski definition) is 8. The van der Waals surface area contributed by atoms with E-state index >= 15 is 0 Å². The van der Waals surface area contributed by atoms with Gasteiger partial charge in [0.1, 0.15) is 29.0 Å². The molecule has 2 amide bonds. The summed E-state index contributed by atoms with van der Waals surface area (Å²) in [7, 11) is 0. The lowest BCUT2D eigenvalue weighted by molar-refractivity contribution is -0.117. The topological polar surface area (TPSA) is 136 Å². The molecule has 0 unspecified atom stereocenters. The van der Waals surface area contributed by atoms with Gasteiger partial charge in [-0.2, -0.15) is 5.10 Å². The molecule has 1 fully saturated rings. The molecule has 3 N–H and O–H groups in total. The second-order valence-electron chi connectivity index (χ2n) is 9.58. The minimum atomic E-state index is -0.559. The molecule has 0 spiro atoms. The van der Waals surface area contributed by atoms with Crippen LogP contribution in [0.1, 0.15) is 33.6 Å². The predicted molar refractivity (Wildman–Crippen MR) is 140 cm³/mol. The number of rotatable bonds is 8. The Morgan fingerprint density at radius 1 is 1.30 bits per heavy atom. The van der Waals surface area contributed by atoms with Crippen LogP contribution in [0.25, 0.3) is 27.4 Å². The normalized spacial score (nSPS) is 13.5. The number of nitrogens with one attached hydrogen (secondary N) is 3. The zero-order valence-corrected chi connectivity index (χ0v) is 22.1. The summed E-state index contributed by atoms with van der Waals surface area (Å²) < 4.78 is 13.5. The van der Waals surface area contributed by atoms with Crippen LogP contribution in [0.3, 0.4) is 0 Å². The lowest BCUT2D eigenvalue weighted by atomic mass is 10.1. The van der Waals surface area contributed by atoms with Gasteiger partial charge in [0.15, 0.2) is 16.6 Å². The first kappa shape index (κ1) is 25.0. The molecule has 4 aromatic rings. The number of anilines is 1. The lowest BCUT2D eigenvalue weighted by Gasteiger charge is -2.19. The van der Waals surface area contributed by atoms with E-state index in [1.54, 1.807) is 45.4 Å². The number of fused-ring (bicyclic) bond motifs is 1. The summed E-state index contributed by atoms with van der Waals surface area (Å²) >= 11 is 7.96. The Hall–Kier alpha value is -3.64. The van der Waals surface area contributed by atoms with Gasteiger partial charge in [-0.3, -0.25) is 14.5 Å². The number of carbonyl (C=O) groups excluding carboxylic acids is 2. The fourth-order valence-corrected chi connectivity index (χ4v) is 4.74. The van der Waals surface area contributed by atoms with Crippen LogP contribution < -0.4 is 15.4 Å². The first-order valence-corrected chi connectivity index (χ1v) is 13.0. The van der Waals surface area contributed by atoms with Gasteiger partial charge in [0.05, 0.1) is 23.5 Å². The SMILES string of the molecule is CC(C)(C)OC(=O)NCCOc1ccc(-c2cncn2-c2n[nH]c3nc(NC(=O)C4CC4)sc23)c(Cl)c1. The van der Waals surface area contributed by atoms with E-state index in [4.69, 9.17) is 21.1 Å². The minimum Gasteiger partial charge on any atom is -0.492 e. The summed E-state index contributed by atoms with van der Waals surface area (Å²) in [6.45, 7) is 5.95. The van der Waals surface area contributed by atoms with E-state index in [1.807, 2.05) is 10.6 Å². The molecule has 37 heavy (non-hydrogen) atoms. The summed E-state index contributed by atoms with van der Waals surface area (Å²) in [4.78, 5) is 32.6. The molecule has 5 rings (SSSR count). The van der Waals surface area contributed by atoms with Crippen molar-refractivity contribution in [2.75, 3.05) is 18.5 Å². The van der Waals surface area contributed by atoms with E-state index in [0.717, 1.165) is 28.8 Å². The molecular formula is C24H26ClN7O4S. The number of ether oxygens (including phenoxy) is 2. The van der Waals surface area contributed by atoms with Crippen LogP contribution in [0.4, 0.5) is 9.93 Å². The second-order valence-corrected chi connectivity index (χ2v) is 11.0. The number of carbonyl (C=O) groups is 2. The van der Waals surface area contributed by atoms with Crippen LogP contribution in [-0.2, 0) is 9.53 Å². The van der Waals surface area contributed by atoms with Crippen LogP contribution in [0.5, 0.6) is 5.75 Å². The van der Waals surface area contributed by atoms with Crippen molar-refractivity contribution in [2.24, 2.45) is 5.92 Å². The average Bonchev–Trinajstić information content (AvgIpc) is 3.26. The number of thiazole rings is 1. The zero-order valence-electron chi connectivity index (χ0n) is 20.5. The standard InChI is InChI=1S/C24H26ClN7O4S/c1-24(2,3)36-23(34)27-8-9-35-14-6-7-15(16(25)10-14)17-11-26-12-32(17)20-18-19(30-31-20)28-22(37-18)29-21(33)13-4-5-13/h6-7,10-13H,4-5,8-9H2,1-3H3,(H,27,34)(H2,28,29,30,31,33). The number of aromatic nitrogens is 5. The second kappa shape index (κ2) is 10.0. The average molecular weight is 544 g/mol. The summed E-state index contributed by atoms with van der Waals surface area (Å²) in [5, 5.41) is 13.9. The summed E-state index contributed by atoms with van der Waals surface area (Å²) in [5.74, 6) is 1.27. The predicted octanol–water partition coefficient (Wildman–Crippen LogP) is 4.78. The van der Waals surface area contributed by atoms with Crippen LogP contribution in [0.2, 0.25) is 5.02 Å². The van der Waals surface area contributed by atoms with E-state index in [1.165, 1.54) is 11.3 Å². The van der Waals surface area contributed by atoms with E-state index in [0.29, 0.717) is 27.4 Å². The number of H-pyrrole nitrogens is 1. The molecule has 3 heterocycles. The van der Waals surface area contributed by atoms with Crippen molar-refractivity contribution in [1.82, 2.24) is 30.0 Å². The van der Waals surface area contributed by atoms with Crippen molar-refractivity contribution in [3.63, 3.8) is 0 Å². The molecule has 1 aromatic carbocycles. The minimum absolute atomic E-state index is 0.00365. The van der Waals surface area contributed by atoms with E-state index in [-0.39, 0.29) is 25.0 Å². The fourth-order valence-electron chi connectivity index (χ4n) is 3.57. The molecule has 1 aliphatic carbocycles. The molecule has 1 saturated carbocycles. The first-order chi connectivity index (χ1) is 17.7. The number of nitrogens with zero attached hydrogens (tertiary/aromatic N) is 4. The molecule has 1 aliphatic rings. The third kappa shape index (κ3) is 5.86. The van der Waals surface area contributed by atoms with Crippen molar-refractivity contribution in [3.8, 4) is 22.8 Å². The van der Waals surface area contributed by atoms with Crippen LogP contribution in [-0.4, -0.2) is 55.5 Å².